The lowest BCUT2D eigenvalue weighted by atomic mass is 9.85. The van der Waals surface area contributed by atoms with Gasteiger partial charge in [-0.3, -0.25) is 19.3 Å². The summed E-state index contributed by atoms with van der Waals surface area (Å²) in [4.78, 5) is 37.8. The summed E-state index contributed by atoms with van der Waals surface area (Å²) < 4.78 is 1.97. The summed E-state index contributed by atoms with van der Waals surface area (Å²) in [5.41, 5.74) is 0.602. The van der Waals surface area contributed by atoms with Crippen molar-refractivity contribution in [3.05, 3.63) is 53.6 Å². The quantitative estimate of drug-likeness (QED) is 0.701. The predicted octanol–water partition coefficient (Wildman–Crippen LogP) is 2.02. The number of likely N-dealkylation sites (tertiary alicyclic amines) is 1. The van der Waals surface area contributed by atoms with Gasteiger partial charge in [0, 0.05) is 51.1 Å². The van der Waals surface area contributed by atoms with Crippen LogP contribution in [0.1, 0.15) is 18.4 Å². The summed E-state index contributed by atoms with van der Waals surface area (Å²) in [5.74, 6) is 0.137. The van der Waals surface area contributed by atoms with Crippen LogP contribution in [-0.4, -0.2) is 75.6 Å². The highest BCUT2D eigenvalue weighted by Gasteiger charge is 2.43. The van der Waals surface area contributed by atoms with Gasteiger partial charge in [0.15, 0.2) is 0 Å². The summed E-state index contributed by atoms with van der Waals surface area (Å²) in [7, 11) is 3.63. The molecule has 2 N–H and O–H groups in total. The lowest BCUT2D eigenvalue weighted by molar-refractivity contribution is -0.141. The molecule has 2 heterocycles. The Morgan fingerprint density at radius 1 is 1.20 bits per heavy atom. The molecule has 164 valence electrons. The van der Waals surface area contributed by atoms with Gasteiger partial charge in [-0.2, -0.15) is 0 Å². The summed E-state index contributed by atoms with van der Waals surface area (Å²) in [6.45, 7) is 2.02. The van der Waals surface area contributed by atoms with Crippen LogP contribution in [0.4, 0.5) is 0 Å². The van der Waals surface area contributed by atoms with Crippen molar-refractivity contribution in [1.29, 1.82) is 0 Å². The molecule has 1 aliphatic rings. The number of carboxylic acid groups (broad SMARTS) is 2. The summed E-state index contributed by atoms with van der Waals surface area (Å²) >= 11 is 6.27. The molecule has 1 aliphatic heterocycles. The van der Waals surface area contributed by atoms with Gasteiger partial charge in [0.1, 0.15) is 5.54 Å². The Morgan fingerprint density at radius 3 is 2.23 bits per heavy atom. The average Bonchev–Trinajstić information content (AvgIpc) is 3.26. The highest BCUT2D eigenvalue weighted by molar-refractivity contribution is 6.31. The molecule has 10 heteroatoms. The number of likely N-dealkylation sites (N-methyl/N-ethyl adjacent to an activating group) is 1. The van der Waals surface area contributed by atoms with Crippen molar-refractivity contribution >= 4 is 30.5 Å². The third-order valence-electron chi connectivity index (χ3n) is 4.84. The molecular formula is C20H27ClN4O5. The molecule has 0 atom stereocenters. The summed E-state index contributed by atoms with van der Waals surface area (Å²) in [5, 5.41) is 14.6. The number of carbonyl (C=O) groups is 3. The van der Waals surface area contributed by atoms with Gasteiger partial charge in [0.05, 0.1) is 6.33 Å². The summed E-state index contributed by atoms with van der Waals surface area (Å²) in [6.07, 6.45) is 6.92. The SMILES string of the molecule is CN(C)C(=O)C1(n2ccnc2)CCN(Cc2ccccc2Cl)CC1.O=CO.O=CO. The minimum absolute atomic E-state index is 0.137. The van der Waals surface area contributed by atoms with Gasteiger partial charge in [-0.05, 0) is 24.5 Å². The molecule has 30 heavy (non-hydrogen) atoms. The third-order valence-corrected chi connectivity index (χ3v) is 5.21. The van der Waals surface area contributed by atoms with Crippen LogP contribution in [0.25, 0.3) is 0 Å². The minimum atomic E-state index is -0.531. The maximum atomic E-state index is 12.9. The number of aromatic nitrogens is 2. The largest absolute Gasteiger partial charge is 0.483 e. The Labute approximate surface area is 180 Å². The van der Waals surface area contributed by atoms with Gasteiger partial charge in [0.2, 0.25) is 5.91 Å². The fourth-order valence-electron chi connectivity index (χ4n) is 3.46. The van der Waals surface area contributed by atoms with Crippen LogP contribution in [0.15, 0.2) is 43.0 Å². The molecule has 1 aromatic heterocycles. The number of rotatable bonds is 4. The molecule has 0 radical (unpaired) electrons. The van der Waals surface area contributed by atoms with Crippen LogP contribution in [0.2, 0.25) is 5.02 Å². The van der Waals surface area contributed by atoms with E-state index in [2.05, 4.69) is 16.0 Å². The highest BCUT2D eigenvalue weighted by Crippen LogP contribution is 2.33. The highest BCUT2D eigenvalue weighted by atomic mass is 35.5. The van der Waals surface area contributed by atoms with Crippen LogP contribution < -0.4 is 0 Å². The van der Waals surface area contributed by atoms with Gasteiger partial charge in [-0.1, -0.05) is 29.8 Å². The molecule has 3 rings (SSSR count). The van der Waals surface area contributed by atoms with Gasteiger partial charge in [-0.15, -0.1) is 0 Å². The number of benzene rings is 1. The number of piperidine rings is 1. The second kappa shape index (κ2) is 12.6. The molecule has 1 aromatic carbocycles. The fraction of sp³-hybridized carbons (Fsp3) is 0.400. The molecule has 1 amide bonds. The second-order valence-corrected chi connectivity index (χ2v) is 7.19. The van der Waals surface area contributed by atoms with E-state index in [1.54, 1.807) is 17.4 Å². The van der Waals surface area contributed by atoms with Crippen molar-refractivity contribution in [2.24, 2.45) is 0 Å². The van der Waals surface area contributed by atoms with Crippen molar-refractivity contribution in [2.45, 2.75) is 24.9 Å². The van der Waals surface area contributed by atoms with Gasteiger partial charge in [0.25, 0.3) is 12.9 Å². The predicted molar refractivity (Wildman–Crippen MR) is 112 cm³/mol. The first kappa shape index (κ1) is 25.1. The normalized spacial score (nSPS) is 14.9. The lowest BCUT2D eigenvalue weighted by Gasteiger charge is -2.42. The standard InChI is InChI=1S/C18H23ClN4O.2CH2O2/c1-21(2)17(24)18(23-12-9-20-14-23)7-10-22(11-8-18)13-15-5-3-4-6-16(15)19;2*2-1-3/h3-6,9,12,14H,7-8,10-11,13H2,1-2H3;2*1H,(H,2,3). The Bertz CT molecular complexity index is 784. The molecule has 2 aromatic rings. The molecular weight excluding hydrogens is 412 g/mol. The number of hydrogen-bond donors (Lipinski definition) is 2. The number of amides is 1. The van der Waals surface area contributed by atoms with E-state index in [1.807, 2.05) is 43.1 Å². The first-order valence-electron chi connectivity index (χ1n) is 9.18. The van der Waals surface area contributed by atoms with Gasteiger partial charge >= 0.3 is 0 Å². The molecule has 0 aliphatic carbocycles. The number of halogens is 1. The van der Waals surface area contributed by atoms with E-state index in [4.69, 9.17) is 31.4 Å². The van der Waals surface area contributed by atoms with Crippen molar-refractivity contribution in [3.8, 4) is 0 Å². The average molecular weight is 439 g/mol. The van der Waals surface area contributed by atoms with Crippen LogP contribution in [0.3, 0.4) is 0 Å². The molecule has 9 nitrogen and oxygen atoms in total. The smallest absolute Gasteiger partial charge is 0.290 e. The Hall–Kier alpha value is -2.91. The third kappa shape index (κ3) is 6.57. The van der Waals surface area contributed by atoms with E-state index in [1.165, 1.54) is 0 Å². The van der Waals surface area contributed by atoms with Crippen LogP contribution in [0.5, 0.6) is 0 Å². The maximum absolute atomic E-state index is 12.9. The Kier molecular flexibility index (Phi) is 10.6. The van der Waals surface area contributed by atoms with Crippen molar-refractivity contribution < 1.29 is 24.6 Å². The van der Waals surface area contributed by atoms with Gasteiger partial charge < -0.3 is 19.7 Å². The number of hydrogen-bond acceptors (Lipinski definition) is 5. The van der Waals surface area contributed by atoms with E-state index in [0.29, 0.717) is 0 Å². The van der Waals surface area contributed by atoms with Crippen molar-refractivity contribution in [1.82, 2.24) is 19.4 Å². The zero-order valence-corrected chi connectivity index (χ0v) is 17.8. The zero-order chi connectivity index (χ0) is 22.6. The number of carbonyl (C=O) groups excluding carboxylic acids is 1. The molecule has 0 saturated carbocycles. The van der Waals surface area contributed by atoms with E-state index in [-0.39, 0.29) is 18.9 Å². The Morgan fingerprint density at radius 2 is 1.77 bits per heavy atom. The number of nitrogens with zero attached hydrogens (tertiary/aromatic N) is 4. The molecule has 0 bridgehead atoms. The summed E-state index contributed by atoms with van der Waals surface area (Å²) in [6, 6.07) is 7.94. The van der Waals surface area contributed by atoms with E-state index < -0.39 is 5.54 Å². The van der Waals surface area contributed by atoms with E-state index in [0.717, 1.165) is 43.1 Å². The first-order chi connectivity index (χ1) is 14.4. The zero-order valence-electron chi connectivity index (χ0n) is 17.0. The Balaban J connectivity index is 0.000000672. The monoisotopic (exact) mass is 438 g/mol. The van der Waals surface area contributed by atoms with Crippen LogP contribution in [-0.2, 0) is 26.5 Å². The molecule has 0 unspecified atom stereocenters. The number of imidazole rings is 1. The van der Waals surface area contributed by atoms with Gasteiger partial charge in [-0.25, -0.2) is 4.98 Å². The maximum Gasteiger partial charge on any atom is 0.290 e. The molecule has 1 fully saturated rings. The van der Waals surface area contributed by atoms with E-state index in [9.17, 15) is 4.79 Å². The van der Waals surface area contributed by atoms with Crippen LogP contribution in [0, 0.1) is 0 Å². The fourth-order valence-corrected chi connectivity index (χ4v) is 3.66. The topological polar surface area (TPSA) is 116 Å². The lowest BCUT2D eigenvalue weighted by Crippen LogP contribution is -2.54. The van der Waals surface area contributed by atoms with Crippen molar-refractivity contribution in [3.63, 3.8) is 0 Å². The second-order valence-electron chi connectivity index (χ2n) is 6.78. The van der Waals surface area contributed by atoms with E-state index >= 15 is 0 Å². The van der Waals surface area contributed by atoms with Crippen LogP contribution >= 0.6 is 11.6 Å². The van der Waals surface area contributed by atoms with Crippen molar-refractivity contribution in [2.75, 3.05) is 27.2 Å². The molecule has 0 spiro atoms. The first-order valence-corrected chi connectivity index (χ1v) is 9.55. The minimum Gasteiger partial charge on any atom is -0.483 e. The molecule has 1 saturated heterocycles.